The normalized spacial score (nSPS) is 12.1. The third kappa shape index (κ3) is 3.84. The quantitative estimate of drug-likeness (QED) is 0.761. The molecule has 0 aliphatic heterocycles. The van der Waals surface area contributed by atoms with E-state index >= 15 is 0 Å². The van der Waals surface area contributed by atoms with E-state index in [1.54, 1.807) is 19.1 Å². The SMILES string of the molecule is CC(CC(=O)O)C(=O)NCc1ccco1. The highest BCUT2D eigenvalue weighted by Crippen LogP contribution is 2.03. The van der Waals surface area contributed by atoms with Gasteiger partial charge in [0.1, 0.15) is 5.76 Å². The Morgan fingerprint density at radius 3 is 2.87 bits per heavy atom. The Bertz CT molecular complexity index is 331. The van der Waals surface area contributed by atoms with Crippen molar-refractivity contribution in [2.75, 3.05) is 0 Å². The van der Waals surface area contributed by atoms with Crippen LogP contribution in [-0.2, 0) is 16.1 Å². The Hall–Kier alpha value is -1.78. The maximum Gasteiger partial charge on any atom is 0.304 e. The Morgan fingerprint density at radius 2 is 2.33 bits per heavy atom. The minimum Gasteiger partial charge on any atom is -0.481 e. The van der Waals surface area contributed by atoms with Gasteiger partial charge in [0.15, 0.2) is 0 Å². The van der Waals surface area contributed by atoms with Gasteiger partial charge in [-0.2, -0.15) is 0 Å². The molecule has 1 amide bonds. The van der Waals surface area contributed by atoms with Gasteiger partial charge >= 0.3 is 5.97 Å². The van der Waals surface area contributed by atoms with Crippen molar-refractivity contribution in [3.8, 4) is 0 Å². The molecule has 0 aliphatic carbocycles. The molecule has 0 aromatic carbocycles. The van der Waals surface area contributed by atoms with Gasteiger partial charge in [-0.25, -0.2) is 0 Å². The van der Waals surface area contributed by atoms with Crippen molar-refractivity contribution >= 4 is 11.9 Å². The number of rotatable bonds is 5. The second-order valence-corrected chi connectivity index (χ2v) is 3.30. The third-order valence-corrected chi connectivity index (χ3v) is 1.95. The lowest BCUT2D eigenvalue weighted by Crippen LogP contribution is -2.29. The van der Waals surface area contributed by atoms with Gasteiger partial charge in [-0.3, -0.25) is 9.59 Å². The molecule has 0 spiro atoms. The van der Waals surface area contributed by atoms with Crippen molar-refractivity contribution in [1.29, 1.82) is 0 Å². The van der Waals surface area contributed by atoms with E-state index in [0.717, 1.165) is 0 Å². The van der Waals surface area contributed by atoms with Crippen LogP contribution in [0.4, 0.5) is 0 Å². The van der Waals surface area contributed by atoms with Crippen molar-refractivity contribution in [3.05, 3.63) is 24.2 Å². The van der Waals surface area contributed by atoms with Crippen LogP contribution in [0.3, 0.4) is 0 Å². The van der Waals surface area contributed by atoms with Crippen LogP contribution in [0.1, 0.15) is 19.1 Å². The molecule has 0 saturated carbocycles. The minimum atomic E-state index is -0.976. The van der Waals surface area contributed by atoms with Crippen LogP contribution in [0.2, 0.25) is 0 Å². The lowest BCUT2D eigenvalue weighted by atomic mass is 10.1. The van der Waals surface area contributed by atoms with Crippen LogP contribution in [0.25, 0.3) is 0 Å². The van der Waals surface area contributed by atoms with Crippen molar-refractivity contribution in [2.45, 2.75) is 19.9 Å². The van der Waals surface area contributed by atoms with E-state index in [-0.39, 0.29) is 18.9 Å². The standard InChI is InChI=1S/C10H13NO4/c1-7(5-9(12)13)10(14)11-6-8-3-2-4-15-8/h2-4,7H,5-6H2,1H3,(H,11,14)(H,12,13). The highest BCUT2D eigenvalue weighted by molar-refractivity contribution is 5.82. The molecule has 5 nitrogen and oxygen atoms in total. The van der Waals surface area contributed by atoms with Gasteiger partial charge in [-0.15, -0.1) is 0 Å². The molecule has 1 aromatic rings. The van der Waals surface area contributed by atoms with Crippen molar-refractivity contribution < 1.29 is 19.1 Å². The first-order chi connectivity index (χ1) is 7.09. The number of furan rings is 1. The van der Waals surface area contributed by atoms with E-state index < -0.39 is 11.9 Å². The van der Waals surface area contributed by atoms with Crippen LogP contribution >= 0.6 is 0 Å². The Morgan fingerprint density at radius 1 is 1.60 bits per heavy atom. The molecular weight excluding hydrogens is 198 g/mol. The predicted molar refractivity (Wildman–Crippen MR) is 52.0 cm³/mol. The Kier molecular flexibility index (Phi) is 3.91. The summed E-state index contributed by atoms with van der Waals surface area (Å²) < 4.78 is 5.01. The molecular formula is C10H13NO4. The fourth-order valence-electron chi connectivity index (χ4n) is 1.12. The van der Waals surface area contributed by atoms with Gasteiger partial charge in [0.05, 0.1) is 19.2 Å². The summed E-state index contributed by atoms with van der Waals surface area (Å²) in [4.78, 5) is 21.7. The van der Waals surface area contributed by atoms with Crippen LogP contribution in [-0.4, -0.2) is 17.0 Å². The number of hydrogen-bond acceptors (Lipinski definition) is 3. The van der Waals surface area contributed by atoms with E-state index in [1.807, 2.05) is 0 Å². The molecule has 0 bridgehead atoms. The Labute approximate surface area is 87.1 Å². The molecule has 1 heterocycles. The van der Waals surface area contributed by atoms with Gasteiger partial charge in [0.25, 0.3) is 0 Å². The van der Waals surface area contributed by atoms with Gasteiger partial charge in [-0.1, -0.05) is 6.92 Å². The summed E-state index contributed by atoms with van der Waals surface area (Å²) in [7, 11) is 0. The maximum absolute atomic E-state index is 11.4. The summed E-state index contributed by atoms with van der Waals surface area (Å²) in [6, 6.07) is 3.46. The third-order valence-electron chi connectivity index (χ3n) is 1.95. The monoisotopic (exact) mass is 211 g/mol. The second kappa shape index (κ2) is 5.19. The summed E-state index contributed by atoms with van der Waals surface area (Å²) >= 11 is 0. The summed E-state index contributed by atoms with van der Waals surface area (Å²) in [5.74, 6) is -1.15. The van der Waals surface area contributed by atoms with Gasteiger partial charge in [-0.05, 0) is 12.1 Å². The van der Waals surface area contributed by atoms with Gasteiger partial charge < -0.3 is 14.8 Å². The molecule has 0 fully saturated rings. The molecule has 5 heteroatoms. The molecule has 1 aromatic heterocycles. The maximum atomic E-state index is 11.4. The second-order valence-electron chi connectivity index (χ2n) is 3.30. The number of carboxylic acid groups (broad SMARTS) is 1. The van der Waals surface area contributed by atoms with E-state index in [4.69, 9.17) is 9.52 Å². The zero-order valence-corrected chi connectivity index (χ0v) is 8.40. The number of carbonyl (C=O) groups is 2. The smallest absolute Gasteiger partial charge is 0.304 e. The number of amides is 1. The van der Waals surface area contributed by atoms with E-state index in [9.17, 15) is 9.59 Å². The predicted octanol–water partition coefficient (Wildman–Crippen LogP) is 1.01. The number of carbonyl (C=O) groups excluding carboxylic acids is 1. The van der Waals surface area contributed by atoms with Gasteiger partial charge in [0.2, 0.25) is 5.91 Å². The molecule has 0 saturated heterocycles. The summed E-state index contributed by atoms with van der Waals surface area (Å²) in [6.07, 6.45) is 1.35. The van der Waals surface area contributed by atoms with Crippen molar-refractivity contribution in [2.24, 2.45) is 5.92 Å². The number of aliphatic carboxylic acids is 1. The van der Waals surface area contributed by atoms with E-state index in [0.29, 0.717) is 5.76 Å². The van der Waals surface area contributed by atoms with Gasteiger partial charge in [0, 0.05) is 5.92 Å². The van der Waals surface area contributed by atoms with Crippen molar-refractivity contribution in [1.82, 2.24) is 5.32 Å². The first-order valence-corrected chi connectivity index (χ1v) is 4.61. The lowest BCUT2D eigenvalue weighted by Gasteiger charge is -2.08. The summed E-state index contributed by atoms with van der Waals surface area (Å²) in [6.45, 7) is 1.86. The molecule has 1 unspecified atom stereocenters. The Balaban J connectivity index is 2.32. The molecule has 0 aliphatic rings. The fraction of sp³-hybridized carbons (Fsp3) is 0.400. The number of nitrogens with one attached hydrogen (secondary N) is 1. The first kappa shape index (κ1) is 11.3. The fourth-order valence-corrected chi connectivity index (χ4v) is 1.12. The van der Waals surface area contributed by atoms with Crippen LogP contribution in [0.5, 0.6) is 0 Å². The summed E-state index contributed by atoms with van der Waals surface area (Å²) in [5.41, 5.74) is 0. The largest absolute Gasteiger partial charge is 0.481 e. The van der Waals surface area contributed by atoms with Crippen LogP contribution < -0.4 is 5.32 Å². The van der Waals surface area contributed by atoms with E-state index in [2.05, 4.69) is 5.32 Å². The average Bonchev–Trinajstić information content (AvgIpc) is 2.65. The molecule has 1 atom stereocenters. The number of hydrogen-bond donors (Lipinski definition) is 2. The van der Waals surface area contributed by atoms with Crippen LogP contribution in [0.15, 0.2) is 22.8 Å². The topological polar surface area (TPSA) is 79.5 Å². The van der Waals surface area contributed by atoms with E-state index in [1.165, 1.54) is 6.26 Å². The number of carboxylic acids is 1. The lowest BCUT2D eigenvalue weighted by molar-refractivity contribution is -0.140. The highest BCUT2D eigenvalue weighted by atomic mass is 16.4. The molecule has 2 N–H and O–H groups in total. The molecule has 0 radical (unpaired) electrons. The molecule has 1 rings (SSSR count). The van der Waals surface area contributed by atoms with Crippen LogP contribution in [0, 0.1) is 5.92 Å². The molecule has 82 valence electrons. The highest BCUT2D eigenvalue weighted by Gasteiger charge is 2.16. The zero-order chi connectivity index (χ0) is 11.3. The first-order valence-electron chi connectivity index (χ1n) is 4.61. The summed E-state index contributed by atoms with van der Waals surface area (Å²) in [5, 5.41) is 11.1. The zero-order valence-electron chi connectivity index (χ0n) is 8.40. The van der Waals surface area contributed by atoms with Crippen molar-refractivity contribution in [3.63, 3.8) is 0 Å². The molecule has 15 heavy (non-hydrogen) atoms. The average molecular weight is 211 g/mol. The minimum absolute atomic E-state index is 0.163.